The third-order valence-electron chi connectivity index (χ3n) is 4.65. The Bertz CT molecular complexity index is 554. The number of cyclic esters (lactones) is 2. The Labute approximate surface area is 97.5 Å². The van der Waals surface area contributed by atoms with Crippen LogP contribution in [0.5, 0.6) is 0 Å². The Hall–Kier alpha value is -1.89. The van der Waals surface area contributed by atoms with E-state index >= 15 is 0 Å². The summed E-state index contributed by atoms with van der Waals surface area (Å²) < 4.78 is 4.76. The fraction of sp³-hybridized carbons (Fsp3) is 0.462. The highest BCUT2D eigenvalue weighted by atomic mass is 16.6. The van der Waals surface area contributed by atoms with Gasteiger partial charge in [-0.1, -0.05) is 18.2 Å². The van der Waals surface area contributed by atoms with Gasteiger partial charge in [-0.15, -0.1) is 0 Å². The molecule has 4 heteroatoms. The smallest absolute Gasteiger partial charge is 0.318 e. The number of hydrogen-bond donors (Lipinski definition) is 0. The lowest BCUT2D eigenvalue weighted by Gasteiger charge is -2.52. The van der Waals surface area contributed by atoms with Crippen molar-refractivity contribution in [2.24, 2.45) is 35.5 Å². The first-order chi connectivity index (χ1) is 8.22. The van der Waals surface area contributed by atoms with Crippen LogP contribution in [0.1, 0.15) is 0 Å². The van der Waals surface area contributed by atoms with Crippen LogP contribution in [0, 0.1) is 46.8 Å². The minimum Gasteiger partial charge on any atom is -0.393 e. The molecule has 0 aromatic rings. The Morgan fingerprint density at radius 1 is 1.00 bits per heavy atom. The van der Waals surface area contributed by atoms with Gasteiger partial charge in [0, 0.05) is 11.5 Å². The molecule has 0 spiro atoms. The van der Waals surface area contributed by atoms with E-state index in [9.17, 15) is 9.59 Å². The normalized spacial score (nSPS) is 48.8. The highest BCUT2D eigenvalue weighted by molar-refractivity contribution is 5.98. The van der Waals surface area contributed by atoms with Crippen molar-refractivity contribution in [2.75, 3.05) is 0 Å². The summed E-state index contributed by atoms with van der Waals surface area (Å²) in [5.74, 6) is -1.03. The largest absolute Gasteiger partial charge is 0.393 e. The van der Waals surface area contributed by atoms with Crippen molar-refractivity contribution in [1.82, 2.24) is 0 Å². The van der Waals surface area contributed by atoms with Crippen LogP contribution in [0.3, 0.4) is 0 Å². The maximum Gasteiger partial charge on any atom is 0.318 e. The van der Waals surface area contributed by atoms with Gasteiger partial charge in [-0.05, 0) is 17.8 Å². The summed E-state index contributed by atoms with van der Waals surface area (Å²) in [5.41, 5.74) is 0.764. The van der Waals surface area contributed by atoms with Crippen LogP contribution < -0.4 is 0 Å². The summed E-state index contributed by atoms with van der Waals surface area (Å²) in [5, 5.41) is 8.99. The molecule has 0 amide bonds. The summed E-state index contributed by atoms with van der Waals surface area (Å²) >= 11 is 0. The van der Waals surface area contributed by atoms with Gasteiger partial charge in [-0.3, -0.25) is 9.59 Å². The zero-order chi connectivity index (χ0) is 11.7. The van der Waals surface area contributed by atoms with Crippen LogP contribution in [0.2, 0.25) is 0 Å². The number of hydrogen-bond acceptors (Lipinski definition) is 4. The predicted octanol–water partition coefficient (Wildman–Crippen LogP) is 0.814. The molecule has 1 heterocycles. The average Bonchev–Trinajstić information content (AvgIpc) is 2.57. The quantitative estimate of drug-likeness (QED) is 0.349. The summed E-state index contributed by atoms with van der Waals surface area (Å²) in [6.07, 6.45) is 5.97. The van der Waals surface area contributed by atoms with Crippen LogP contribution in [0.15, 0.2) is 23.8 Å². The van der Waals surface area contributed by atoms with Crippen molar-refractivity contribution >= 4 is 11.9 Å². The van der Waals surface area contributed by atoms with Gasteiger partial charge in [-0.25, -0.2) is 0 Å². The van der Waals surface area contributed by atoms with E-state index in [4.69, 9.17) is 10.00 Å². The topological polar surface area (TPSA) is 67.2 Å². The first-order valence-electron chi connectivity index (χ1n) is 5.78. The highest BCUT2D eigenvalue weighted by Gasteiger charge is 2.63. The number of allylic oxidation sites excluding steroid dienone is 4. The van der Waals surface area contributed by atoms with Crippen LogP contribution in [0.4, 0.5) is 0 Å². The Balaban J connectivity index is 1.84. The summed E-state index contributed by atoms with van der Waals surface area (Å²) in [7, 11) is 0. The van der Waals surface area contributed by atoms with Gasteiger partial charge in [0.05, 0.1) is 17.9 Å². The molecule has 17 heavy (non-hydrogen) atoms. The predicted molar refractivity (Wildman–Crippen MR) is 54.9 cm³/mol. The molecular formula is C13H9NO3. The van der Waals surface area contributed by atoms with Crippen molar-refractivity contribution in [3.05, 3.63) is 23.8 Å². The molecule has 84 valence electrons. The van der Waals surface area contributed by atoms with E-state index in [1.54, 1.807) is 0 Å². The fourth-order valence-electron chi connectivity index (χ4n) is 3.97. The standard InChI is InChI=1S/C13H9NO3/c14-4-5-3-8-6-1-2-7(9(5)8)11-10(6)12(15)17-13(11)16/h1-3,6-11H/t6-,7+,8-,9+,10+,11-/m1/s1. The van der Waals surface area contributed by atoms with Crippen molar-refractivity contribution in [2.45, 2.75) is 0 Å². The number of esters is 2. The zero-order valence-corrected chi connectivity index (χ0v) is 8.87. The van der Waals surface area contributed by atoms with Crippen molar-refractivity contribution in [3.8, 4) is 6.07 Å². The summed E-state index contributed by atoms with van der Waals surface area (Å²) in [6.45, 7) is 0. The van der Waals surface area contributed by atoms with Gasteiger partial charge in [0.25, 0.3) is 0 Å². The molecule has 0 aromatic heterocycles. The number of nitriles is 1. The highest BCUT2D eigenvalue weighted by Crippen LogP contribution is 2.60. The van der Waals surface area contributed by atoms with E-state index < -0.39 is 5.97 Å². The molecule has 5 aliphatic rings. The number of carbonyl (C=O) groups excluding carboxylic acids is 2. The van der Waals surface area contributed by atoms with Crippen molar-refractivity contribution in [1.29, 1.82) is 5.26 Å². The molecule has 2 bridgehead atoms. The molecule has 2 fully saturated rings. The molecular weight excluding hydrogens is 218 g/mol. The van der Waals surface area contributed by atoms with E-state index in [0.717, 1.165) is 5.57 Å². The third kappa shape index (κ3) is 0.858. The fourth-order valence-corrected chi connectivity index (χ4v) is 3.97. The summed E-state index contributed by atoms with van der Waals surface area (Å²) in [6, 6.07) is 2.18. The van der Waals surface area contributed by atoms with Crippen LogP contribution in [0.25, 0.3) is 0 Å². The molecule has 1 aliphatic heterocycles. The van der Waals surface area contributed by atoms with Gasteiger partial charge < -0.3 is 4.74 Å². The van der Waals surface area contributed by atoms with E-state index in [2.05, 4.69) is 6.07 Å². The molecule has 0 aromatic carbocycles. The lowest BCUT2D eigenvalue weighted by atomic mass is 9.48. The van der Waals surface area contributed by atoms with Gasteiger partial charge in [0.2, 0.25) is 0 Å². The maximum absolute atomic E-state index is 11.7. The van der Waals surface area contributed by atoms with Crippen LogP contribution in [-0.4, -0.2) is 11.9 Å². The average molecular weight is 227 g/mol. The minimum atomic E-state index is -0.401. The molecule has 0 unspecified atom stereocenters. The molecule has 4 aliphatic carbocycles. The van der Waals surface area contributed by atoms with Gasteiger partial charge in [-0.2, -0.15) is 5.26 Å². The summed E-state index contributed by atoms with van der Waals surface area (Å²) in [4.78, 5) is 23.4. The first-order valence-corrected chi connectivity index (χ1v) is 5.78. The van der Waals surface area contributed by atoms with Crippen LogP contribution >= 0.6 is 0 Å². The number of ether oxygens (including phenoxy) is 1. The molecule has 1 saturated heterocycles. The lowest BCUT2D eigenvalue weighted by Crippen LogP contribution is -2.52. The molecule has 5 rings (SSSR count). The first kappa shape index (κ1) is 9.17. The second-order valence-electron chi connectivity index (χ2n) is 5.17. The Morgan fingerprint density at radius 3 is 2.35 bits per heavy atom. The number of rotatable bonds is 0. The van der Waals surface area contributed by atoms with E-state index in [1.807, 2.05) is 18.2 Å². The number of carbonyl (C=O) groups is 2. The van der Waals surface area contributed by atoms with E-state index in [1.165, 1.54) is 0 Å². The second kappa shape index (κ2) is 2.67. The Morgan fingerprint density at radius 2 is 1.65 bits per heavy atom. The van der Waals surface area contributed by atoms with Gasteiger partial charge in [0.1, 0.15) is 0 Å². The molecule has 4 nitrogen and oxygen atoms in total. The number of nitrogens with zero attached hydrogens (tertiary/aromatic N) is 1. The van der Waals surface area contributed by atoms with Crippen molar-refractivity contribution in [3.63, 3.8) is 0 Å². The minimum absolute atomic E-state index is 0.0198. The van der Waals surface area contributed by atoms with E-state index in [0.29, 0.717) is 0 Å². The Kier molecular flexibility index (Phi) is 1.44. The third-order valence-corrected chi connectivity index (χ3v) is 4.65. The molecule has 1 saturated carbocycles. The monoisotopic (exact) mass is 227 g/mol. The van der Waals surface area contributed by atoms with Gasteiger partial charge >= 0.3 is 11.9 Å². The van der Waals surface area contributed by atoms with Gasteiger partial charge in [0.15, 0.2) is 0 Å². The zero-order valence-electron chi connectivity index (χ0n) is 8.87. The van der Waals surface area contributed by atoms with Crippen LogP contribution in [-0.2, 0) is 14.3 Å². The molecule has 0 N–H and O–H groups in total. The molecule has 0 radical (unpaired) electrons. The maximum atomic E-state index is 11.7. The SMILES string of the molecule is N#CC1=C[C@@H]2[C@H]3C=C[C@@H]([C@H]12)[C@H]1C(=O)OC(=O)[C@@H]31. The van der Waals surface area contributed by atoms with E-state index in [-0.39, 0.29) is 41.5 Å². The lowest BCUT2D eigenvalue weighted by molar-refractivity contribution is -0.154. The van der Waals surface area contributed by atoms with Crippen molar-refractivity contribution < 1.29 is 14.3 Å². The molecule has 6 atom stereocenters. The second-order valence-corrected chi connectivity index (χ2v) is 5.17.